The van der Waals surface area contributed by atoms with Crippen LogP contribution in [-0.2, 0) is 0 Å². The van der Waals surface area contributed by atoms with Crippen molar-refractivity contribution in [2.45, 2.75) is 0 Å². The molecular formula is C6H14N2O. The zero-order chi connectivity index (χ0) is 7.28. The van der Waals surface area contributed by atoms with Crippen LogP contribution in [0.4, 0.5) is 0 Å². The number of hydrogen-bond acceptors (Lipinski definition) is 3. The summed E-state index contributed by atoms with van der Waals surface area (Å²) < 4.78 is 0. The molecule has 0 aliphatic rings. The topological polar surface area (TPSA) is 35.5 Å². The van der Waals surface area contributed by atoms with E-state index in [1.807, 2.05) is 14.1 Å². The highest BCUT2D eigenvalue weighted by Gasteiger charge is 1.88. The van der Waals surface area contributed by atoms with Gasteiger partial charge < -0.3 is 15.3 Å². The van der Waals surface area contributed by atoms with Gasteiger partial charge in [0.05, 0.1) is 6.54 Å². The second-order valence-electron chi connectivity index (χ2n) is 2.11. The molecule has 0 aromatic rings. The van der Waals surface area contributed by atoms with Gasteiger partial charge in [-0.2, -0.15) is 0 Å². The van der Waals surface area contributed by atoms with E-state index in [9.17, 15) is 0 Å². The molecule has 0 aromatic carbocycles. The first-order chi connectivity index (χ1) is 4.16. The monoisotopic (exact) mass is 130 g/mol. The first-order valence-corrected chi connectivity index (χ1v) is 2.87. The maximum atomic E-state index is 8.98. The summed E-state index contributed by atoms with van der Waals surface area (Å²) in [6, 6.07) is 0. The van der Waals surface area contributed by atoms with Gasteiger partial charge in [-0.1, -0.05) is 0 Å². The Morgan fingerprint density at radius 2 is 2.22 bits per heavy atom. The summed E-state index contributed by atoms with van der Waals surface area (Å²) in [6.07, 6.45) is 1.66. The van der Waals surface area contributed by atoms with Crippen molar-refractivity contribution in [3.63, 3.8) is 0 Å². The minimum atomic E-state index is 0.350. The van der Waals surface area contributed by atoms with Gasteiger partial charge in [0.2, 0.25) is 0 Å². The van der Waals surface area contributed by atoms with Crippen molar-refractivity contribution in [3.05, 3.63) is 12.0 Å². The number of aliphatic hydroxyl groups is 1. The van der Waals surface area contributed by atoms with Crippen LogP contribution in [-0.4, -0.2) is 37.7 Å². The maximum absolute atomic E-state index is 8.98. The van der Waals surface area contributed by atoms with Crippen LogP contribution < -0.4 is 5.32 Å². The van der Waals surface area contributed by atoms with Crippen LogP contribution in [0.3, 0.4) is 0 Å². The highest BCUT2D eigenvalue weighted by Crippen LogP contribution is 1.85. The smallest absolute Gasteiger partial charge is 0.122 e. The first-order valence-electron chi connectivity index (χ1n) is 2.87. The molecule has 0 rings (SSSR count). The molecule has 2 N–H and O–H groups in total. The van der Waals surface area contributed by atoms with Gasteiger partial charge in [-0.25, -0.2) is 0 Å². The van der Waals surface area contributed by atoms with Crippen LogP contribution in [0, 0.1) is 0 Å². The molecule has 0 aliphatic heterocycles. The molecule has 3 nitrogen and oxygen atoms in total. The quantitative estimate of drug-likeness (QED) is 0.534. The van der Waals surface area contributed by atoms with E-state index in [2.05, 4.69) is 5.32 Å². The Bertz CT molecular complexity index is 99.2. The lowest BCUT2D eigenvalue weighted by molar-refractivity contribution is 0.373. The fraction of sp³-hybridized carbons (Fsp3) is 0.667. The fourth-order valence-electron chi connectivity index (χ4n) is 0.525. The van der Waals surface area contributed by atoms with Gasteiger partial charge in [0.1, 0.15) is 5.76 Å². The van der Waals surface area contributed by atoms with Crippen molar-refractivity contribution in [2.75, 3.05) is 27.7 Å². The van der Waals surface area contributed by atoms with Crippen molar-refractivity contribution < 1.29 is 5.11 Å². The molecule has 0 radical (unpaired) electrons. The predicted molar refractivity (Wildman–Crippen MR) is 38.3 cm³/mol. The molecule has 0 saturated carbocycles. The average Bonchev–Trinajstić information content (AvgIpc) is 1.63. The molecule has 3 heteroatoms. The van der Waals surface area contributed by atoms with Gasteiger partial charge in [0, 0.05) is 20.3 Å². The van der Waals surface area contributed by atoms with Gasteiger partial charge in [-0.3, -0.25) is 0 Å². The van der Waals surface area contributed by atoms with Gasteiger partial charge >= 0.3 is 0 Å². The van der Waals surface area contributed by atoms with Gasteiger partial charge in [-0.15, -0.1) is 0 Å². The number of aliphatic hydroxyl groups excluding tert-OH is 1. The molecule has 0 aromatic heterocycles. The number of likely N-dealkylation sites (N-methyl/N-ethyl adjacent to an activating group) is 1. The molecule has 54 valence electrons. The Morgan fingerprint density at radius 3 is 2.56 bits per heavy atom. The van der Waals surface area contributed by atoms with Crippen LogP contribution in [0.1, 0.15) is 0 Å². The van der Waals surface area contributed by atoms with Crippen LogP contribution >= 0.6 is 0 Å². The van der Waals surface area contributed by atoms with Crippen molar-refractivity contribution in [2.24, 2.45) is 0 Å². The van der Waals surface area contributed by atoms with E-state index in [0.717, 1.165) is 0 Å². The zero-order valence-corrected chi connectivity index (χ0v) is 6.18. The molecule has 0 atom stereocenters. The largest absolute Gasteiger partial charge is 0.509 e. The lowest BCUT2D eigenvalue weighted by Crippen LogP contribution is -2.13. The molecule has 0 fully saturated rings. The molecule has 0 unspecified atom stereocenters. The molecule has 0 saturated heterocycles. The Balaban J connectivity index is 3.55. The standard InChI is InChI=1S/C6H14N2O/c1-7-4-6(9)5-8(2)3/h5,7,9H,4H2,1-3H3/b6-5-. The van der Waals surface area contributed by atoms with E-state index in [4.69, 9.17) is 5.11 Å². The van der Waals surface area contributed by atoms with Gasteiger partial charge in [-0.05, 0) is 7.05 Å². The van der Waals surface area contributed by atoms with Crippen LogP contribution in [0.5, 0.6) is 0 Å². The molecule has 0 amide bonds. The third-order valence-corrected chi connectivity index (χ3v) is 0.765. The fourth-order valence-corrected chi connectivity index (χ4v) is 0.525. The van der Waals surface area contributed by atoms with E-state index in [0.29, 0.717) is 12.3 Å². The summed E-state index contributed by atoms with van der Waals surface area (Å²) in [5, 5.41) is 11.8. The predicted octanol–water partition coefficient (Wildman–Crippen LogP) is 0.167. The molecule has 0 aliphatic carbocycles. The Labute approximate surface area is 56.0 Å². The summed E-state index contributed by atoms with van der Waals surface area (Å²) in [5.74, 6) is 0.350. The van der Waals surface area contributed by atoms with Crippen molar-refractivity contribution >= 4 is 0 Å². The highest BCUT2D eigenvalue weighted by molar-refractivity contribution is 4.90. The van der Waals surface area contributed by atoms with Gasteiger partial charge in [0.15, 0.2) is 0 Å². The van der Waals surface area contributed by atoms with Gasteiger partial charge in [0.25, 0.3) is 0 Å². The summed E-state index contributed by atoms with van der Waals surface area (Å²) >= 11 is 0. The van der Waals surface area contributed by atoms with Crippen molar-refractivity contribution in [3.8, 4) is 0 Å². The van der Waals surface area contributed by atoms with Crippen LogP contribution in [0.25, 0.3) is 0 Å². The van der Waals surface area contributed by atoms with Crippen molar-refractivity contribution in [1.29, 1.82) is 0 Å². The summed E-state index contributed by atoms with van der Waals surface area (Å²) in [7, 11) is 5.53. The number of nitrogens with zero attached hydrogens (tertiary/aromatic N) is 1. The Kier molecular flexibility index (Phi) is 3.88. The summed E-state index contributed by atoms with van der Waals surface area (Å²) in [6.45, 7) is 0.526. The number of nitrogens with one attached hydrogen (secondary N) is 1. The highest BCUT2D eigenvalue weighted by atomic mass is 16.3. The number of hydrogen-bond donors (Lipinski definition) is 2. The molecule has 0 spiro atoms. The second kappa shape index (κ2) is 4.21. The average molecular weight is 130 g/mol. The lowest BCUT2D eigenvalue weighted by Gasteiger charge is -2.05. The van der Waals surface area contributed by atoms with Crippen molar-refractivity contribution in [1.82, 2.24) is 10.2 Å². The minimum absolute atomic E-state index is 0.350. The van der Waals surface area contributed by atoms with E-state index in [1.165, 1.54) is 0 Å². The van der Waals surface area contributed by atoms with E-state index in [-0.39, 0.29) is 0 Å². The Hall–Kier alpha value is -0.700. The van der Waals surface area contributed by atoms with E-state index >= 15 is 0 Å². The zero-order valence-electron chi connectivity index (χ0n) is 6.18. The molecule has 9 heavy (non-hydrogen) atoms. The van der Waals surface area contributed by atoms with Crippen LogP contribution in [0.15, 0.2) is 12.0 Å². The summed E-state index contributed by atoms with van der Waals surface area (Å²) in [5.41, 5.74) is 0. The SMILES string of the molecule is CNC/C(O)=C/N(C)C. The van der Waals surface area contributed by atoms with E-state index in [1.54, 1.807) is 18.1 Å². The molecule has 0 heterocycles. The van der Waals surface area contributed by atoms with Crippen LogP contribution in [0.2, 0.25) is 0 Å². The maximum Gasteiger partial charge on any atom is 0.122 e. The minimum Gasteiger partial charge on any atom is -0.509 e. The second-order valence-corrected chi connectivity index (χ2v) is 2.11. The number of rotatable bonds is 3. The first kappa shape index (κ1) is 8.30. The molecule has 0 bridgehead atoms. The third kappa shape index (κ3) is 5.17. The third-order valence-electron chi connectivity index (χ3n) is 0.765. The summed E-state index contributed by atoms with van der Waals surface area (Å²) in [4.78, 5) is 1.80. The molecular weight excluding hydrogens is 116 g/mol. The van der Waals surface area contributed by atoms with E-state index < -0.39 is 0 Å². The lowest BCUT2D eigenvalue weighted by atomic mass is 10.5. The normalized spacial score (nSPS) is 11.7. The Morgan fingerprint density at radius 1 is 1.67 bits per heavy atom.